The first-order chi connectivity index (χ1) is 13.3. The number of fused-ring (bicyclic) bond motifs is 1. The van der Waals surface area contributed by atoms with E-state index in [-0.39, 0.29) is 11.8 Å². The minimum atomic E-state index is -0.846. The maximum absolute atomic E-state index is 12.6. The van der Waals surface area contributed by atoms with Gasteiger partial charge in [0.05, 0.1) is 23.5 Å². The summed E-state index contributed by atoms with van der Waals surface area (Å²) in [6, 6.07) is 0. The third-order valence-electron chi connectivity index (χ3n) is 8.38. The van der Waals surface area contributed by atoms with Crippen LogP contribution in [0.3, 0.4) is 0 Å². The zero-order valence-corrected chi connectivity index (χ0v) is 15.4. The molecule has 6 bridgehead atoms. The zero-order chi connectivity index (χ0) is 19.4. The number of rotatable bonds is 4. The predicted octanol–water partition coefficient (Wildman–Crippen LogP) is -0.0652. The molecule has 8 nitrogen and oxygen atoms in total. The molecule has 0 amide bonds. The highest BCUT2D eigenvalue weighted by molar-refractivity contribution is 5.87. The van der Waals surface area contributed by atoms with Crippen molar-refractivity contribution in [2.24, 2.45) is 35.5 Å². The summed E-state index contributed by atoms with van der Waals surface area (Å²) in [5, 5.41) is 20.8. The molecule has 152 valence electrons. The van der Waals surface area contributed by atoms with E-state index in [0.29, 0.717) is 24.7 Å². The second-order valence-electron chi connectivity index (χ2n) is 10.0. The van der Waals surface area contributed by atoms with E-state index in [9.17, 15) is 24.6 Å². The molecule has 1 aliphatic heterocycles. The van der Waals surface area contributed by atoms with Gasteiger partial charge in [0.1, 0.15) is 11.7 Å². The summed E-state index contributed by atoms with van der Waals surface area (Å²) in [5.74, 6) is -2.72. The Hall–Kier alpha value is -1.67. The molecule has 0 radical (unpaired) electrons. The van der Waals surface area contributed by atoms with Crippen molar-refractivity contribution in [2.75, 3.05) is 6.61 Å². The summed E-state index contributed by atoms with van der Waals surface area (Å²) in [6.45, 7) is -0.510. The first kappa shape index (κ1) is 17.2. The Balaban J connectivity index is 1.09. The lowest BCUT2D eigenvalue weighted by Crippen LogP contribution is -2.48. The summed E-state index contributed by atoms with van der Waals surface area (Å²) in [5.41, 5.74) is -1.35. The van der Waals surface area contributed by atoms with Crippen LogP contribution in [0.2, 0.25) is 0 Å². The fraction of sp³-hybridized carbons (Fsp3) is 0.850. The first-order valence-corrected chi connectivity index (χ1v) is 10.3. The van der Waals surface area contributed by atoms with Crippen molar-refractivity contribution in [2.45, 2.75) is 61.9 Å². The third kappa shape index (κ3) is 2.16. The van der Waals surface area contributed by atoms with Gasteiger partial charge in [0.2, 0.25) is 0 Å². The Morgan fingerprint density at radius 1 is 1.14 bits per heavy atom. The second-order valence-corrected chi connectivity index (χ2v) is 10.0. The van der Waals surface area contributed by atoms with Gasteiger partial charge in [-0.2, -0.15) is 0 Å². The van der Waals surface area contributed by atoms with Crippen LogP contribution in [-0.4, -0.2) is 58.1 Å². The number of hydrogen-bond donors (Lipinski definition) is 2. The average molecular weight is 392 g/mol. The largest absolute Gasteiger partial charge is 0.459 e. The Kier molecular flexibility index (Phi) is 3.24. The highest BCUT2D eigenvalue weighted by Gasteiger charge is 2.69. The molecule has 1 saturated heterocycles. The predicted molar refractivity (Wildman–Crippen MR) is 89.3 cm³/mol. The van der Waals surface area contributed by atoms with Crippen molar-refractivity contribution in [3.05, 3.63) is 0 Å². The average Bonchev–Trinajstić information content (AvgIpc) is 3.31. The van der Waals surface area contributed by atoms with Crippen LogP contribution < -0.4 is 0 Å². The summed E-state index contributed by atoms with van der Waals surface area (Å²) in [4.78, 5) is 37.0. The van der Waals surface area contributed by atoms with E-state index in [1.165, 1.54) is 0 Å². The van der Waals surface area contributed by atoms with Crippen molar-refractivity contribution in [3.8, 4) is 0 Å². The Labute approximate surface area is 161 Å². The number of carbonyl (C=O) groups excluding carboxylic acids is 3. The van der Waals surface area contributed by atoms with Gasteiger partial charge in [-0.25, -0.2) is 4.79 Å². The molecule has 0 aromatic heterocycles. The number of aliphatic hydroxyl groups excluding tert-OH is 1. The molecule has 6 aliphatic carbocycles. The van der Waals surface area contributed by atoms with Crippen LogP contribution in [0.5, 0.6) is 0 Å². The molecule has 2 N–H and O–H groups in total. The number of ether oxygens (including phenoxy) is 3. The molecule has 0 aromatic carbocycles. The van der Waals surface area contributed by atoms with Crippen molar-refractivity contribution in [1.82, 2.24) is 0 Å². The molecule has 0 spiro atoms. The van der Waals surface area contributed by atoms with Gasteiger partial charge in [-0.05, 0) is 43.9 Å². The topological polar surface area (TPSA) is 119 Å². The van der Waals surface area contributed by atoms with Crippen molar-refractivity contribution >= 4 is 17.9 Å². The SMILES string of the molecule is O=C(COC(=O)[C@@H]1C2CC3C(OC(=O)C31)C2O)OC12CC3CC(O)(CC3C1)C2. The molecule has 0 aromatic rings. The first-order valence-electron chi connectivity index (χ1n) is 10.3. The fourth-order valence-corrected chi connectivity index (χ4v) is 7.75. The van der Waals surface area contributed by atoms with Gasteiger partial charge in [0, 0.05) is 18.3 Å². The van der Waals surface area contributed by atoms with Crippen LogP contribution in [0.15, 0.2) is 0 Å². The normalized spacial score (nSPS) is 54.3. The summed E-state index contributed by atoms with van der Waals surface area (Å²) >= 11 is 0. The lowest BCUT2D eigenvalue weighted by Gasteiger charge is -2.42. The molecule has 1 heterocycles. The van der Waals surface area contributed by atoms with Gasteiger partial charge in [0.15, 0.2) is 6.61 Å². The van der Waals surface area contributed by atoms with Crippen LogP contribution in [0.25, 0.3) is 0 Å². The van der Waals surface area contributed by atoms with Gasteiger partial charge < -0.3 is 24.4 Å². The van der Waals surface area contributed by atoms with Gasteiger partial charge in [0.25, 0.3) is 0 Å². The van der Waals surface area contributed by atoms with Crippen LogP contribution >= 0.6 is 0 Å². The van der Waals surface area contributed by atoms with Gasteiger partial charge in [-0.1, -0.05) is 0 Å². The van der Waals surface area contributed by atoms with Gasteiger partial charge in [-0.3, -0.25) is 9.59 Å². The smallest absolute Gasteiger partial charge is 0.344 e. The third-order valence-corrected chi connectivity index (χ3v) is 8.38. The molecule has 6 saturated carbocycles. The lowest BCUT2D eigenvalue weighted by molar-refractivity contribution is -0.183. The Morgan fingerprint density at radius 3 is 2.54 bits per heavy atom. The monoisotopic (exact) mass is 392 g/mol. The van der Waals surface area contributed by atoms with Crippen molar-refractivity contribution < 1.29 is 38.8 Å². The van der Waals surface area contributed by atoms with Crippen LogP contribution in [0, 0.1) is 35.5 Å². The van der Waals surface area contributed by atoms with E-state index >= 15 is 0 Å². The second kappa shape index (κ2) is 5.27. The summed E-state index contributed by atoms with van der Waals surface area (Å²) in [6.07, 6.45) is 2.79. The number of hydrogen-bond acceptors (Lipinski definition) is 8. The fourth-order valence-electron chi connectivity index (χ4n) is 7.75. The Bertz CT molecular complexity index is 762. The van der Waals surface area contributed by atoms with E-state index in [2.05, 4.69) is 0 Å². The molecular formula is C20H24O8. The molecule has 7 unspecified atom stereocenters. The van der Waals surface area contributed by atoms with Crippen molar-refractivity contribution in [1.29, 1.82) is 0 Å². The highest BCUT2D eigenvalue weighted by Crippen LogP contribution is 2.63. The lowest BCUT2D eigenvalue weighted by atomic mass is 9.75. The van der Waals surface area contributed by atoms with Crippen LogP contribution in [0.1, 0.15) is 38.5 Å². The summed E-state index contributed by atoms with van der Waals surface area (Å²) < 4.78 is 16.1. The molecule has 8 heteroatoms. The molecule has 7 aliphatic rings. The zero-order valence-electron chi connectivity index (χ0n) is 15.4. The van der Waals surface area contributed by atoms with Crippen LogP contribution in [0.4, 0.5) is 0 Å². The molecule has 7 fully saturated rings. The van der Waals surface area contributed by atoms with E-state index in [1.807, 2.05) is 0 Å². The number of carbonyl (C=O) groups is 3. The molecule has 8 atom stereocenters. The minimum Gasteiger partial charge on any atom is -0.459 e. The maximum atomic E-state index is 12.6. The summed E-state index contributed by atoms with van der Waals surface area (Å²) in [7, 11) is 0. The van der Waals surface area contributed by atoms with Crippen LogP contribution in [-0.2, 0) is 28.6 Å². The minimum absolute atomic E-state index is 0.138. The maximum Gasteiger partial charge on any atom is 0.344 e. The quantitative estimate of drug-likeness (QED) is 0.504. The number of aliphatic hydroxyl groups is 2. The highest BCUT2D eigenvalue weighted by atomic mass is 16.6. The molecule has 7 rings (SSSR count). The standard InChI is InChI=1S/C20H24O8/c21-12(28-20-4-8-2-19(25,7-20)3-9(8)5-20)6-26-17(23)13-10-1-11-14(13)18(24)27-16(11)15(10)22/h8-11,13-16,22,25H,1-7H2/t8?,9?,10?,11?,13-,14?,15?,16?,19?,20?/m1/s1. The molecular weight excluding hydrogens is 368 g/mol. The Morgan fingerprint density at radius 2 is 1.86 bits per heavy atom. The molecule has 28 heavy (non-hydrogen) atoms. The van der Waals surface area contributed by atoms with E-state index in [4.69, 9.17) is 14.2 Å². The van der Waals surface area contributed by atoms with Gasteiger partial charge >= 0.3 is 17.9 Å². The van der Waals surface area contributed by atoms with E-state index in [1.54, 1.807) is 0 Å². The van der Waals surface area contributed by atoms with Crippen molar-refractivity contribution in [3.63, 3.8) is 0 Å². The van der Waals surface area contributed by atoms with E-state index in [0.717, 1.165) is 25.7 Å². The van der Waals surface area contributed by atoms with Gasteiger partial charge in [-0.15, -0.1) is 0 Å². The van der Waals surface area contributed by atoms with E-state index < -0.39 is 59.8 Å². The number of esters is 3.